The van der Waals surface area contributed by atoms with E-state index in [0.717, 1.165) is 0 Å². The molecule has 2 aromatic rings. The fourth-order valence-electron chi connectivity index (χ4n) is 1.42. The van der Waals surface area contributed by atoms with E-state index in [4.69, 9.17) is 23.2 Å². The Labute approximate surface area is 106 Å². The Morgan fingerprint density at radius 2 is 1.94 bits per heavy atom. The minimum atomic E-state index is -0.478. The molecule has 2 rings (SSSR count). The smallest absolute Gasteiger partial charge is 0.296 e. The van der Waals surface area contributed by atoms with Gasteiger partial charge in [-0.1, -0.05) is 23.2 Å². The van der Waals surface area contributed by atoms with Gasteiger partial charge < -0.3 is 0 Å². The average Bonchev–Trinajstić information content (AvgIpc) is 2.27. The Kier molecular flexibility index (Phi) is 3.36. The van der Waals surface area contributed by atoms with Gasteiger partial charge in [0.15, 0.2) is 0 Å². The first-order valence-electron chi connectivity index (χ1n) is 4.80. The Morgan fingerprint density at radius 1 is 1.18 bits per heavy atom. The minimum Gasteiger partial charge on any atom is -0.296 e. The van der Waals surface area contributed by atoms with E-state index in [1.54, 1.807) is 18.2 Å². The number of aromatic nitrogens is 2. The molecule has 0 amide bonds. The molecule has 0 atom stereocenters. The van der Waals surface area contributed by atoms with Crippen LogP contribution in [0, 0.1) is 0 Å². The maximum absolute atomic E-state index is 11.5. The lowest BCUT2D eigenvalue weighted by Crippen LogP contribution is -2.28. The summed E-state index contributed by atoms with van der Waals surface area (Å²) in [5, 5.41) is 1.06. The van der Waals surface area contributed by atoms with Crippen molar-refractivity contribution in [2.75, 3.05) is 0 Å². The fourth-order valence-corrected chi connectivity index (χ4v) is 1.79. The Bertz CT molecular complexity index is 661. The number of nitrogens with zero attached hydrogens (tertiary/aromatic N) is 1. The molecule has 0 aliphatic rings. The zero-order valence-electron chi connectivity index (χ0n) is 8.61. The number of hydrogen-bond donors (Lipinski definition) is 1. The molecular formula is C11H8Cl2N2O2. The van der Waals surface area contributed by atoms with Gasteiger partial charge in [0.2, 0.25) is 0 Å². The highest BCUT2D eigenvalue weighted by molar-refractivity contribution is 6.33. The predicted molar refractivity (Wildman–Crippen MR) is 66.9 cm³/mol. The summed E-state index contributed by atoms with van der Waals surface area (Å²) in [6.07, 6.45) is 1.42. The van der Waals surface area contributed by atoms with Crippen molar-refractivity contribution in [2.24, 2.45) is 0 Å². The van der Waals surface area contributed by atoms with Crippen LogP contribution < -0.4 is 11.2 Å². The van der Waals surface area contributed by atoms with Gasteiger partial charge in [-0.15, -0.1) is 0 Å². The quantitative estimate of drug-likeness (QED) is 0.906. The molecule has 4 nitrogen and oxygen atoms in total. The lowest BCUT2D eigenvalue weighted by atomic mass is 10.2. The summed E-state index contributed by atoms with van der Waals surface area (Å²) in [7, 11) is 0. The van der Waals surface area contributed by atoms with E-state index in [1.165, 1.54) is 16.8 Å². The van der Waals surface area contributed by atoms with E-state index in [-0.39, 0.29) is 6.54 Å². The van der Waals surface area contributed by atoms with Gasteiger partial charge in [-0.25, -0.2) is 4.79 Å². The molecular weight excluding hydrogens is 263 g/mol. The maximum Gasteiger partial charge on any atom is 0.328 e. The predicted octanol–water partition coefficient (Wildman–Crippen LogP) is 1.89. The van der Waals surface area contributed by atoms with Crippen LogP contribution in [0.5, 0.6) is 0 Å². The topological polar surface area (TPSA) is 54.9 Å². The lowest BCUT2D eigenvalue weighted by molar-refractivity contribution is 0.720. The van der Waals surface area contributed by atoms with Crippen LogP contribution in [0.25, 0.3) is 0 Å². The zero-order valence-corrected chi connectivity index (χ0v) is 10.1. The normalized spacial score (nSPS) is 10.5. The van der Waals surface area contributed by atoms with Crippen LogP contribution in [-0.4, -0.2) is 9.55 Å². The number of hydrogen-bond acceptors (Lipinski definition) is 2. The third-order valence-corrected chi connectivity index (χ3v) is 2.85. The molecule has 0 bridgehead atoms. The molecule has 6 heteroatoms. The summed E-state index contributed by atoms with van der Waals surface area (Å²) in [5.41, 5.74) is -0.190. The summed E-state index contributed by atoms with van der Waals surface area (Å²) in [6.45, 7) is 0.259. The fraction of sp³-hybridized carbons (Fsp3) is 0.0909. The van der Waals surface area contributed by atoms with Gasteiger partial charge in [0, 0.05) is 22.3 Å². The van der Waals surface area contributed by atoms with Gasteiger partial charge in [0.1, 0.15) is 0 Å². The Balaban J connectivity index is 2.41. The number of nitrogens with one attached hydrogen (secondary N) is 1. The number of aromatic amines is 1. The largest absolute Gasteiger partial charge is 0.328 e. The van der Waals surface area contributed by atoms with Crippen molar-refractivity contribution in [1.29, 1.82) is 0 Å². The van der Waals surface area contributed by atoms with Crippen molar-refractivity contribution in [2.45, 2.75) is 6.54 Å². The molecule has 0 saturated carbocycles. The molecule has 1 N–H and O–H groups in total. The van der Waals surface area contributed by atoms with E-state index >= 15 is 0 Å². The van der Waals surface area contributed by atoms with E-state index in [9.17, 15) is 9.59 Å². The van der Waals surface area contributed by atoms with Gasteiger partial charge in [0.05, 0.1) is 6.54 Å². The van der Waals surface area contributed by atoms with Gasteiger partial charge in [-0.3, -0.25) is 14.3 Å². The molecule has 1 aromatic carbocycles. The van der Waals surface area contributed by atoms with Crippen LogP contribution in [0.15, 0.2) is 40.1 Å². The second kappa shape index (κ2) is 4.77. The first-order valence-corrected chi connectivity index (χ1v) is 5.55. The second-order valence-corrected chi connectivity index (χ2v) is 4.32. The molecule has 0 fully saturated rings. The number of halogens is 2. The van der Waals surface area contributed by atoms with Crippen LogP contribution in [0.3, 0.4) is 0 Å². The van der Waals surface area contributed by atoms with Gasteiger partial charge in [-0.2, -0.15) is 0 Å². The van der Waals surface area contributed by atoms with E-state index in [1.807, 2.05) is 0 Å². The molecule has 0 aliphatic heterocycles. The molecule has 17 heavy (non-hydrogen) atoms. The number of rotatable bonds is 2. The molecule has 1 heterocycles. The third kappa shape index (κ3) is 2.78. The van der Waals surface area contributed by atoms with Crippen molar-refractivity contribution < 1.29 is 0 Å². The van der Waals surface area contributed by atoms with Gasteiger partial charge in [-0.05, 0) is 23.8 Å². The SMILES string of the molecule is O=c1ccn(Cc2cc(Cl)ccc2Cl)c(=O)[nH]1. The van der Waals surface area contributed by atoms with Crippen molar-refractivity contribution >= 4 is 23.2 Å². The molecule has 88 valence electrons. The summed E-state index contributed by atoms with van der Waals surface area (Å²) >= 11 is 11.8. The highest BCUT2D eigenvalue weighted by atomic mass is 35.5. The van der Waals surface area contributed by atoms with Crippen LogP contribution in [0.4, 0.5) is 0 Å². The van der Waals surface area contributed by atoms with Gasteiger partial charge >= 0.3 is 5.69 Å². The first-order chi connectivity index (χ1) is 8.06. The Hall–Kier alpha value is -1.52. The highest BCUT2D eigenvalue weighted by Crippen LogP contribution is 2.20. The maximum atomic E-state index is 11.5. The first kappa shape index (κ1) is 12.0. The van der Waals surface area contributed by atoms with Crippen molar-refractivity contribution in [3.8, 4) is 0 Å². The summed E-state index contributed by atoms with van der Waals surface area (Å²) in [5.74, 6) is 0. The van der Waals surface area contributed by atoms with Crippen LogP contribution in [0.2, 0.25) is 10.0 Å². The van der Waals surface area contributed by atoms with Crippen molar-refractivity contribution in [3.05, 3.63) is 66.9 Å². The van der Waals surface area contributed by atoms with Crippen LogP contribution in [0.1, 0.15) is 5.56 Å². The Morgan fingerprint density at radius 3 is 2.65 bits per heavy atom. The second-order valence-electron chi connectivity index (χ2n) is 3.47. The van der Waals surface area contributed by atoms with Gasteiger partial charge in [0.25, 0.3) is 5.56 Å². The molecule has 1 aromatic heterocycles. The monoisotopic (exact) mass is 270 g/mol. The van der Waals surface area contributed by atoms with E-state index < -0.39 is 11.2 Å². The zero-order chi connectivity index (χ0) is 12.4. The molecule has 0 aliphatic carbocycles. The van der Waals surface area contributed by atoms with Crippen LogP contribution >= 0.6 is 23.2 Å². The summed E-state index contributed by atoms with van der Waals surface area (Å²) in [6, 6.07) is 6.29. The summed E-state index contributed by atoms with van der Waals surface area (Å²) in [4.78, 5) is 24.5. The van der Waals surface area contributed by atoms with Crippen molar-refractivity contribution in [3.63, 3.8) is 0 Å². The highest BCUT2D eigenvalue weighted by Gasteiger charge is 2.04. The third-order valence-electron chi connectivity index (χ3n) is 2.25. The molecule has 0 saturated heterocycles. The standard InChI is InChI=1S/C11H8Cl2N2O2/c12-8-1-2-9(13)7(5-8)6-15-4-3-10(16)14-11(15)17/h1-5H,6H2,(H,14,16,17). The molecule has 0 radical (unpaired) electrons. The van der Waals surface area contributed by atoms with Crippen molar-refractivity contribution in [1.82, 2.24) is 9.55 Å². The van der Waals surface area contributed by atoms with E-state index in [2.05, 4.69) is 4.98 Å². The summed E-state index contributed by atoms with van der Waals surface area (Å²) < 4.78 is 1.35. The average molecular weight is 271 g/mol. The molecule has 0 spiro atoms. The minimum absolute atomic E-state index is 0.259. The van der Waals surface area contributed by atoms with Crippen LogP contribution in [-0.2, 0) is 6.54 Å². The number of H-pyrrole nitrogens is 1. The lowest BCUT2D eigenvalue weighted by Gasteiger charge is -2.07. The van der Waals surface area contributed by atoms with E-state index in [0.29, 0.717) is 15.6 Å². The molecule has 0 unspecified atom stereocenters. The number of benzene rings is 1.